The van der Waals surface area contributed by atoms with Crippen LogP contribution in [0.3, 0.4) is 0 Å². The van der Waals surface area contributed by atoms with Crippen LogP contribution in [0.4, 0.5) is 0 Å². The molecule has 26 heavy (non-hydrogen) atoms. The van der Waals surface area contributed by atoms with Gasteiger partial charge in [0.25, 0.3) is 5.91 Å². The van der Waals surface area contributed by atoms with Gasteiger partial charge in [-0.15, -0.1) is 11.3 Å². The second-order valence-electron chi connectivity index (χ2n) is 7.52. The van der Waals surface area contributed by atoms with E-state index in [0.29, 0.717) is 6.04 Å². The standard InChI is InChI=1S/C21H31N3OS/c1-5-6-12-23(4)21(25)18-13-20(19-14-26-16(3)22-19)24(15(18)2)17-10-8-7-9-11-17/h13-14,17H,5-12H2,1-4H3. The third kappa shape index (κ3) is 3.88. The van der Waals surface area contributed by atoms with Crippen LogP contribution in [-0.4, -0.2) is 34.0 Å². The van der Waals surface area contributed by atoms with Gasteiger partial charge in [0.1, 0.15) is 0 Å². The highest BCUT2D eigenvalue weighted by Gasteiger charge is 2.26. The van der Waals surface area contributed by atoms with E-state index in [4.69, 9.17) is 4.98 Å². The number of rotatable bonds is 6. The van der Waals surface area contributed by atoms with Gasteiger partial charge in [-0.25, -0.2) is 4.98 Å². The van der Waals surface area contributed by atoms with Crippen LogP contribution >= 0.6 is 11.3 Å². The molecular weight excluding hydrogens is 342 g/mol. The molecule has 5 heteroatoms. The molecular formula is C21H31N3OS. The average Bonchev–Trinajstić information content (AvgIpc) is 3.23. The minimum atomic E-state index is 0.138. The summed E-state index contributed by atoms with van der Waals surface area (Å²) < 4.78 is 2.41. The smallest absolute Gasteiger partial charge is 0.255 e. The molecule has 0 radical (unpaired) electrons. The van der Waals surface area contributed by atoms with Crippen LogP contribution in [-0.2, 0) is 0 Å². The van der Waals surface area contributed by atoms with E-state index < -0.39 is 0 Å². The molecule has 2 heterocycles. The number of unbranched alkanes of at least 4 members (excludes halogenated alkanes) is 1. The van der Waals surface area contributed by atoms with Gasteiger partial charge in [-0.1, -0.05) is 32.6 Å². The van der Waals surface area contributed by atoms with Crippen molar-refractivity contribution in [1.82, 2.24) is 14.5 Å². The van der Waals surface area contributed by atoms with Gasteiger partial charge in [-0.3, -0.25) is 4.79 Å². The average molecular weight is 374 g/mol. The van der Waals surface area contributed by atoms with Crippen LogP contribution < -0.4 is 0 Å². The van der Waals surface area contributed by atoms with Gasteiger partial charge in [-0.2, -0.15) is 0 Å². The fourth-order valence-electron chi connectivity index (χ4n) is 4.03. The number of hydrogen-bond acceptors (Lipinski definition) is 3. The van der Waals surface area contributed by atoms with E-state index in [0.717, 1.165) is 47.0 Å². The van der Waals surface area contributed by atoms with Crippen LogP contribution in [0.25, 0.3) is 11.4 Å². The Bertz CT molecular complexity index is 755. The Morgan fingerprint density at radius 2 is 2.04 bits per heavy atom. The molecule has 0 bridgehead atoms. The maximum Gasteiger partial charge on any atom is 0.255 e. The molecule has 0 N–H and O–H groups in total. The SMILES string of the molecule is CCCCN(C)C(=O)c1cc(-c2csc(C)n2)n(C2CCCCC2)c1C. The highest BCUT2D eigenvalue weighted by Crippen LogP contribution is 2.36. The van der Waals surface area contributed by atoms with Crippen LogP contribution in [0.1, 0.15) is 79.0 Å². The lowest BCUT2D eigenvalue weighted by molar-refractivity contribution is 0.0792. The summed E-state index contributed by atoms with van der Waals surface area (Å²) >= 11 is 1.68. The van der Waals surface area contributed by atoms with Gasteiger partial charge >= 0.3 is 0 Å². The summed E-state index contributed by atoms with van der Waals surface area (Å²) in [5.41, 5.74) is 4.07. The summed E-state index contributed by atoms with van der Waals surface area (Å²) in [4.78, 5) is 19.6. The Morgan fingerprint density at radius 3 is 2.65 bits per heavy atom. The van der Waals surface area contributed by atoms with E-state index in [-0.39, 0.29) is 5.91 Å². The molecule has 142 valence electrons. The van der Waals surface area contributed by atoms with Crippen molar-refractivity contribution in [2.24, 2.45) is 0 Å². The highest BCUT2D eigenvalue weighted by atomic mass is 32.1. The maximum atomic E-state index is 13.1. The molecule has 0 unspecified atom stereocenters. The van der Waals surface area contributed by atoms with Crippen molar-refractivity contribution in [2.75, 3.05) is 13.6 Å². The Kier molecular flexibility index (Phi) is 6.17. The first-order chi connectivity index (χ1) is 12.5. The van der Waals surface area contributed by atoms with Crippen molar-refractivity contribution in [3.05, 3.63) is 27.7 Å². The van der Waals surface area contributed by atoms with Crippen molar-refractivity contribution < 1.29 is 4.79 Å². The van der Waals surface area contributed by atoms with Crippen molar-refractivity contribution in [2.45, 2.75) is 71.8 Å². The van der Waals surface area contributed by atoms with E-state index in [1.165, 1.54) is 32.1 Å². The Labute approximate surface area is 161 Å². The summed E-state index contributed by atoms with van der Waals surface area (Å²) in [6, 6.07) is 2.58. The lowest BCUT2D eigenvalue weighted by Crippen LogP contribution is -2.28. The number of thiazole rings is 1. The molecule has 0 aromatic carbocycles. The summed E-state index contributed by atoms with van der Waals surface area (Å²) in [5, 5.41) is 3.19. The number of carbonyl (C=O) groups is 1. The van der Waals surface area contributed by atoms with E-state index in [1.54, 1.807) is 11.3 Å². The first-order valence-electron chi connectivity index (χ1n) is 9.92. The Morgan fingerprint density at radius 1 is 1.31 bits per heavy atom. The molecule has 1 fully saturated rings. The van der Waals surface area contributed by atoms with Gasteiger partial charge in [-0.05, 0) is 39.2 Å². The fraction of sp³-hybridized carbons (Fsp3) is 0.619. The molecule has 0 spiro atoms. The Balaban J connectivity index is 2.01. The van der Waals surface area contributed by atoms with Crippen LogP contribution in [0.2, 0.25) is 0 Å². The molecule has 1 saturated carbocycles. The van der Waals surface area contributed by atoms with Gasteiger partial charge in [0.05, 0.1) is 22.0 Å². The molecule has 1 amide bonds. The monoisotopic (exact) mass is 373 g/mol. The summed E-state index contributed by atoms with van der Waals surface area (Å²) in [6.07, 6.45) is 8.42. The van der Waals surface area contributed by atoms with Crippen LogP contribution in [0.15, 0.2) is 11.4 Å². The van der Waals surface area contributed by atoms with Crippen molar-refractivity contribution >= 4 is 17.2 Å². The van der Waals surface area contributed by atoms with E-state index in [9.17, 15) is 4.79 Å². The van der Waals surface area contributed by atoms with Gasteiger partial charge in [0, 0.05) is 30.7 Å². The zero-order valence-corrected chi connectivity index (χ0v) is 17.4. The predicted molar refractivity (Wildman–Crippen MR) is 109 cm³/mol. The first kappa shape index (κ1) is 19.2. The molecule has 0 saturated heterocycles. The normalized spacial score (nSPS) is 15.4. The number of amides is 1. The van der Waals surface area contributed by atoms with E-state index in [2.05, 4.69) is 29.9 Å². The number of nitrogens with zero attached hydrogens (tertiary/aromatic N) is 3. The van der Waals surface area contributed by atoms with E-state index in [1.807, 2.05) is 18.9 Å². The lowest BCUT2D eigenvalue weighted by atomic mass is 9.95. The maximum absolute atomic E-state index is 13.1. The Hall–Kier alpha value is -1.62. The molecule has 0 aliphatic heterocycles. The zero-order chi connectivity index (χ0) is 18.7. The van der Waals surface area contributed by atoms with Crippen molar-refractivity contribution in [1.29, 1.82) is 0 Å². The number of hydrogen-bond donors (Lipinski definition) is 0. The van der Waals surface area contributed by atoms with Crippen molar-refractivity contribution in [3.63, 3.8) is 0 Å². The topological polar surface area (TPSA) is 38.1 Å². The second-order valence-corrected chi connectivity index (χ2v) is 8.58. The molecule has 3 rings (SSSR count). The molecule has 1 aliphatic carbocycles. The van der Waals surface area contributed by atoms with E-state index >= 15 is 0 Å². The minimum absolute atomic E-state index is 0.138. The quantitative estimate of drug-likeness (QED) is 0.660. The number of aromatic nitrogens is 2. The van der Waals surface area contributed by atoms with Crippen LogP contribution in [0, 0.1) is 13.8 Å². The summed E-state index contributed by atoms with van der Waals surface area (Å²) in [5.74, 6) is 0.138. The number of aryl methyl sites for hydroxylation is 1. The molecule has 1 aliphatic rings. The van der Waals surface area contributed by atoms with Gasteiger partial charge in [0.2, 0.25) is 0 Å². The fourth-order valence-corrected chi connectivity index (χ4v) is 4.64. The molecule has 2 aromatic heterocycles. The number of carbonyl (C=O) groups excluding carboxylic acids is 1. The third-order valence-corrected chi connectivity index (χ3v) is 6.31. The molecule has 2 aromatic rings. The molecule has 4 nitrogen and oxygen atoms in total. The zero-order valence-electron chi connectivity index (χ0n) is 16.5. The van der Waals surface area contributed by atoms with Gasteiger partial charge < -0.3 is 9.47 Å². The van der Waals surface area contributed by atoms with Crippen LogP contribution in [0.5, 0.6) is 0 Å². The third-order valence-electron chi connectivity index (χ3n) is 5.54. The lowest BCUT2D eigenvalue weighted by Gasteiger charge is -2.27. The largest absolute Gasteiger partial charge is 0.342 e. The minimum Gasteiger partial charge on any atom is -0.342 e. The second kappa shape index (κ2) is 8.38. The summed E-state index contributed by atoms with van der Waals surface area (Å²) in [6.45, 7) is 7.12. The molecule has 0 atom stereocenters. The highest BCUT2D eigenvalue weighted by molar-refractivity contribution is 7.09. The van der Waals surface area contributed by atoms with Gasteiger partial charge in [0.15, 0.2) is 0 Å². The van der Waals surface area contributed by atoms with Crippen molar-refractivity contribution in [3.8, 4) is 11.4 Å². The summed E-state index contributed by atoms with van der Waals surface area (Å²) in [7, 11) is 1.92. The predicted octanol–water partition coefficient (Wildman–Crippen LogP) is 5.61. The first-order valence-corrected chi connectivity index (χ1v) is 10.8.